The molecule has 0 spiro atoms. The minimum Gasteiger partial charge on any atom is -0.539 e. The first-order valence-corrected chi connectivity index (χ1v) is 5.97. The van der Waals surface area contributed by atoms with E-state index in [1.165, 1.54) is 0 Å². The summed E-state index contributed by atoms with van der Waals surface area (Å²) in [4.78, 5) is 2.91. The molecule has 0 rings (SSSR count). The first kappa shape index (κ1) is 6.52. The molecule has 5 heavy (non-hydrogen) atoms. The van der Waals surface area contributed by atoms with Gasteiger partial charge in [0.05, 0.1) is 0 Å². The molecule has 0 saturated carbocycles. The van der Waals surface area contributed by atoms with Crippen molar-refractivity contribution in [1.29, 1.82) is 0 Å². The molecule has 0 heterocycles. The largest absolute Gasteiger partial charge is 0.539 e. The van der Waals surface area contributed by atoms with E-state index in [2.05, 4.69) is 29.4 Å². The van der Waals surface area contributed by atoms with Crippen LogP contribution in [-0.4, -0.2) is 0 Å². The van der Waals surface area contributed by atoms with Gasteiger partial charge in [-0.05, 0) is 15.9 Å². The Kier molecular flexibility index (Phi) is 7.20. The summed E-state index contributed by atoms with van der Waals surface area (Å²) in [5.74, 6) is 0. The van der Waals surface area contributed by atoms with E-state index in [0.29, 0.717) is 0 Å². The minimum atomic E-state index is 0.0521. The molecule has 0 aliphatic rings. The number of nitrogens with one attached hydrogen (secondary N) is 1. The maximum absolute atomic E-state index is 4.58. The molecule has 5 heteroatoms. The highest BCUT2D eigenvalue weighted by molar-refractivity contribution is 8.31. The minimum absolute atomic E-state index is 0.0521. The van der Waals surface area contributed by atoms with Crippen LogP contribution < -0.4 is 4.86 Å². The normalized spacial score (nSPS) is 13.2. The lowest BCUT2D eigenvalue weighted by atomic mass is 13.9. The fourth-order valence-electron chi connectivity index (χ4n) is 0.0278. The topological polar surface area (TPSA) is 12.0 Å². The van der Waals surface area contributed by atoms with Gasteiger partial charge in [-0.2, -0.15) is 0 Å². The summed E-state index contributed by atoms with van der Waals surface area (Å²) in [5.41, 5.74) is 0. The third-order valence-corrected chi connectivity index (χ3v) is 3.67. The molecular formula is H5NP2S2. The highest BCUT2D eigenvalue weighted by Crippen LogP contribution is 2.07. The molecule has 0 aromatic heterocycles. The van der Waals surface area contributed by atoms with Crippen molar-refractivity contribution in [2.75, 3.05) is 0 Å². The second-order valence-electron chi connectivity index (χ2n) is 0.402. The van der Waals surface area contributed by atoms with Gasteiger partial charge in [0.2, 0.25) is 0 Å². The van der Waals surface area contributed by atoms with Crippen LogP contribution in [0.2, 0.25) is 0 Å². The zero-order valence-electron chi connectivity index (χ0n) is 2.47. The molecule has 2 unspecified atom stereocenters. The van der Waals surface area contributed by atoms with Gasteiger partial charge >= 0.3 is 0 Å². The Morgan fingerprint density at radius 2 is 1.60 bits per heavy atom. The van der Waals surface area contributed by atoms with Crippen LogP contribution in [0, 0.1) is 0 Å². The van der Waals surface area contributed by atoms with Crippen molar-refractivity contribution in [3.05, 3.63) is 0 Å². The van der Waals surface area contributed by atoms with E-state index in [-0.39, 0.29) is 15.9 Å². The second-order valence-corrected chi connectivity index (χ2v) is 3.62. The van der Waals surface area contributed by atoms with Gasteiger partial charge in [-0.3, -0.25) is 0 Å². The molecular weight excluding hydrogens is 140 g/mol. The Hall–Kier alpha value is 1.52. The molecule has 0 aliphatic carbocycles. The first-order chi connectivity index (χ1) is 2.41. The van der Waals surface area contributed by atoms with E-state index in [4.69, 9.17) is 0 Å². The maximum atomic E-state index is 4.58. The van der Waals surface area contributed by atoms with E-state index >= 15 is 0 Å². The van der Waals surface area contributed by atoms with Crippen molar-refractivity contribution in [3.63, 3.8) is 0 Å². The molecule has 2 atom stereocenters. The standard InChI is InChI=1S/H5NP2S2/c4-2-1-3-5/h1H,2-3H2. The molecule has 32 valence electrons. The molecule has 0 aromatic rings. The molecule has 0 amide bonds. The van der Waals surface area contributed by atoms with Gasteiger partial charge in [0, 0.05) is 0 Å². The monoisotopic (exact) mass is 145 g/mol. The number of hydrogen-bond donors (Lipinski definition) is 1. The van der Waals surface area contributed by atoms with E-state index in [1.807, 2.05) is 0 Å². The van der Waals surface area contributed by atoms with Gasteiger partial charge in [0.15, 0.2) is 0 Å². The summed E-state index contributed by atoms with van der Waals surface area (Å²) >= 11 is 9.16. The number of hydrogen-bond acceptors (Lipinski definition) is 3. The van der Waals surface area contributed by atoms with Crippen LogP contribution in [0.5, 0.6) is 0 Å². The highest BCUT2D eigenvalue weighted by atomic mass is 32.7. The van der Waals surface area contributed by atoms with Crippen LogP contribution >= 0.6 is 15.9 Å². The lowest BCUT2D eigenvalue weighted by molar-refractivity contribution is 1.77. The molecule has 0 aromatic carbocycles. The smallest absolute Gasteiger partial charge is 0.0314 e. The van der Waals surface area contributed by atoms with Crippen molar-refractivity contribution in [1.82, 2.24) is 4.86 Å². The van der Waals surface area contributed by atoms with Crippen LogP contribution in [0.3, 0.4) is 0 Å². The molecule has 1 nitrogen and oxygen atoms in total. The molecule has 0 bridgehead atoms. The molecule has 0 radical (unpaired) electrons. The molecule has 0 fully saturated rings. The SMILES string of the molecule is [S-][PH2+]N[PH2+][S-]. The zero-order valence-corrected chi connectivity index (χ0v) is 6.41. The van der Waals surface area contributed by atoms with Crippen molar-refractivity contribution in [2.24, 2.45) is 0 Å². The average molecular weight is 145 g/mol. The van der Waals surface area contributed by atoms with Gasteiger partial charge < -0.3 is 24.5 Å². The van der Waals surface area contributed by atoms with Crippen LogP contribution in [0.1, 0.15) is 0 Å². The summed E-state index contributed by atoms with van der Waals surface area (Å²) in [6.07, 6.45) is 0. The van der Waals surface area contributed by atoms with Crippen LogP contribution in [0.15, 0.2) is 0 Å². The summed E-state index contributed by atoms with van der Waals surface area (Å²) in [6.45, 7) is 0. The summed E-state index contributed by atoms with van der Waals surface area (Å²) in [7, 11) is 0.104. The van der Waals surface area contributed by atoms with Crippen LogP contribution in [0.25, 0.3) is 0 Å². The summed E-state index contributed by atoms with van der Waals surface area (Å²) in [6, 6.07) is 0. The van der Waals surface area contributed by atoms with Crippen molar-refractivity contribution in [3.8, 4) is 0 Å². The van der Waals surface area contributed by atoms with Crippen molar-refractivity contribution in [2.45, 2.75) is 0 Å². The molecule has 0 saturated heterocycles. The molecule has 1 N–H and O–H groups in total. The van der Waals surface area contributed by atoms with Crippen LogP contribution in [0.4, 0.5) is 0 Å². The Morgan fingerprint density at radius 3 is 1.60 bits per heavy atom. The highest BCUT2D eigenvalue weighted by Gasteiger charge is 1.60. The Balaban J connectivity index is 2.19. The quantitative estimate of drug-likeness (QED) is 0.439. The third-order valence-electron chi connectivity index (χ3n) is 0.136. The van der Waals surface area contributed by atoms with Crippen LogP contribution in [-0.2, 0) is 24.5 Å². The fourth-order valence-corrected chi connectivity index (χ4v) is 2.25. The predicted molar refractivity (Wildman–Crippen MR) is 37.3 cm³/mol. The van der Waals surface area contributed by atoms with Crippen molar-refractivity contribution < 1.29 is 0 Å². The van der Waals surface area contributed by atoms with Gasteiger partial charge in [-0.1, -0.05) is 0 Å². The Morgan fingerprint density at radius 1 is 1.20 bits per heavy atom. The summed E-state index contributed by atoms with van der Waals surface area (Å²) in [5, 5.41) is 0. The van der Waals surface area contributed by atoms with E-state index in [0.717, 1.165) is 0 Å². The van der Waals surface area contributed by atoms with Crippen molar-refractivity contribution >= 4 is 40.4 Å². The van der Waals surface area contributed by atoms with E-state index in [9.17, 15) is 0 Å². The Bertz CT molecular complexity index is 15.1. The second kappa shape index (κ2) is 5.52. The van der Waals surface area contributed by atoms with Gasteiger partial charge in [-0.25, -0.2) is 0 Å². The first-order valence-electron chi connectivity index (χ1n) is 1.05. The predicted octanol–water partition coefficient (Wildman–Crippen LogP) is 0.151. The average Bonchev–Trinajstić information content (AvgIpc) is 1.41. The fraction of sp³-hybridized carbons (Fsp3) is 0. The number of rotatable bonds is 2. The third kappa shape index (κ3) is 5.52. The van der Waals surface area contributed by atoms with Gasteiger partial charge in [0.1, 0.15) is 0 Å². The van der Waals surface area contributed by atoms with E-state index < -0.39 is 0 Å². The lowest BCUT2D eigenvalue weighted by Gasteiger charge is -1.90. The van der Waals surface area contributed by atoms with Gasteiger partial charge in [0.25, 0.3) is 0 Å². The Labute approximate surface area is 45.7 Å². The lowest BCUT2D eigenvalue weighted by Crippen LogP contribution is -1.71. The molecule has 0 aliphatic heterocycles. The summed E-state index contributed by atoms with van der Waals surface area (Å²) < 4.78 is 0. The maximum Gasteiger partial charge on any atom is -0.0314 e. The zero-order chi connectivity index (χ0) is 4.12. The van der Waals surface area contributed by atoms with E-state index in [1.54, 1.807) is 0 Å². The van der Waals surface area contributed by atoms with Gasteiger partial charge in [-0.15, -0.1) is 4.86 Å².